The van der Waals surface area contributed by atoms with E-state index in [0.717, 1.165) is 30.0 Å². The van der Waals surface area contributed by atoms with Crippen molar-refractivity contribution in [3.8, 4) is 0 Å². The van der Waals surface area contributed by atoms with Crippen molar-refractivity contribution in [2.75, 3.05) is 33.1 Å². The minimum Gasteiger partial charge on any atom is -0.383 e. The van der Waals surface area contributed by atoms with Crippen LogP contribution in [-0.2, 0) is 20.3 Å². The van der Waals surface area contributed by atoms with E-state index >= 15 is 0 Å². The van der Waals surface area contributed by atoms with E-state index in [1.807, 2.05) is 13.8 Å². The number of rotatable bonds is 8. The highest BCUT2D eigenvalue weighted by Gasteiger charge is 2.16. The number of aryl methyl sites for hydroxylation is 2. The molecule has 6 nitrogen and oxygen atoms in total. The van der Waals surface area contributed by atoms with Gasteiger partial charge in [0.2, 0.25) is 0 Å². The summed E-state index contributed by atoms with van der Waals surface area (Å²) in [7, 11) is -1.44. The van der Waals surface area contributed by atoms with Crippen LogP contribution in [-0.4, -0.2) is 51.4 Å². The lowest BCUT2D eigenvalue weighted by atomic mass is 9.98. The molecule has 0 bridgehead atoms. The molecule has 0 saturated heterocycles. The van der Waals surface area contributed by atoms with E-state index in [2.05, 4.69) is 22.2 Å². The number of hydrogen-bond acceptors (Lipinski definition) is 6. The third-order valence-corrected chi connectivity index (χ3v) is 3.97. The zero-order chi connectivity index (χ0) is 16.0. The van der Waals surface area contributed by atoms with E-state index in [-0.39, 0.29) is 11.7 Å². The highest BCUT2D eigenvalue weighted by atomic mass is 32.2. The van der Waals surface area contributed by atoms with Crippen molar-refractivity contribution in [3.05, 3.63) is 22.8 Å². The fraction of sp³-hybridized carbons (Fsp3) is 0.714. The van der Waals surface area contributed by atoms with Crippen molar-refractivity contribution in [1.29, 1.82) is 0 Å². The van der Waals surface area contributed by atoms with Crippen LogP contribution >= 0.6 is 0 Å². The molecule has 7 heteroatoms. The molecule has 0 aliphatic heterocycles. The molecule has 21 heavy (non-hydrogen) atoms. The van der Waals surface area contributed by atoms with Crippen LogP contribution < -0.4 is 5.32 Å². The predicted octanol–water partition coefficient (Wildman–Crippen LogP) is 0.978. The van der Waals surface area contributed by atoms with E-state index in [9.17, 15) is 8.42 Å². The maximum atomic E-state index is 11.3. The number of nitrogens with zero attached hydrogens (tertiary/aromatic N) is 2. The number of methoxy groups -OCH3 is 1. The van der Waals surface area contributed by atoms with Gasteiger partial charge in [0.05, 0.1) is 6.61 Å². The van der Waals surface area contributed by atoms with Crippen molar-refractivity contribution in [1.82, 2.24) is 15.3 Å². The summed E-state index contributed by atoms with van der Waals surface area (Å²) in [5.41, 5.74) is 2.78. The van der Waals surface area contributed by atoms with Gasteiger partial charge in [-0.25, -0.2) is 18.4 Å². The minimum atomic E-state index is -3.12. The highest BCUT2D eigenvalue weighted by Crippen LogP contribution is 2.21. The molecule has 0 aliphatic rings. The zero-order valence-corrected chi connectivity index (χ0v) is 14.2. The molecule has 1 atom stereocenters. The van der Waals surface area contributed by atoms with Crippen molar-refractivity contribution >= 4 is 9.84 Å². The quantitative estimate of drug-likeness (QED) is 0.720. The number of nitrogens with one attached hydrogen (secondary N) is 1. The van der Waals surface area contributed by atoms with Crippen LogP contribution in [0.4, 0.5) is 0 Å². The summed E-state index contributed by atoms with van der Waals surface area (Å²) in [6, 6.07) is 0. The Kier molecular flexibility index (Phi) is 6.70. The third-order valence-electron chi connectivity index (χ3n) is 3.19. The molecule has 0 aliphatic carbocycles. The third kappa shape index (κ3) is 6.07. The molecular weight excluding hydrogens is 290 g/mol. The molecule has 120 valence electrons. The summed E-state index contributed by atoms with van der Waals surface area (Å²) in [6.07, 6.45) is 1.19. The largest absolute Gasteiger partial charge is 0.383 e. The van der Waals surface area contributed by atoms with Gasteiger partial charge in [-0.1, -0.05) is 6.92 Å². The van der Waals surface area contributed by atoms with Crippen LogP contribution in [0, 0.1) is 13.8 Å². The Bertz CT molecular complexity index is 550. The molecule has 1 aromatic heterocycles. The van der Waals surface area contributed by atoms with Crippen molar-refractivity contribution in [2.24, 2.45) is 0 Å². The summed E-state index contributed by atoms with van der Waals surface area (Å²) >= 11 is 0. The Morgan fingerprint density at radius 3 is 2.29 bits per heavy atom. The standard InChI is InChI=1S/C14H25N3O3S/c1-10(8-15-6-7-20-4)14-11(2)16-13(17-12(14)3)9-21(5,18)19/h10,15H,6-9H2,1-5H3. The first-order valence-corrected chi connectivity index (χ1v) is 9.02. The Balaban J connectivity index is 2.84. The molecular formula is C14H25N3O3S. The van der Waals surface area contributed by atoms with Gasteiger partial charge in [-0.2, -0.15) is 0 Å². The second-order valence-corrected chi connectivity index (χ2v) is 7.53. The first-order valence-electron chi connectivity index (χ1n) is 6.96. The molecule has 1 aromatic rings. The molecule has 0 saturated carbocycles. The van der Waals surface area contributed by atoms with Gasteiger partial charge in [0.1, 0.15) is 11.6 Å². The van der Waals surface area contributed by atoms with Crippen LogP contribution in [0.15, 0.2) is 0 Å². The normalized spacial score (nSPS) is 13.4. The van der Waals surface area contributed by atoms with Gasteiger partial charge in [-0.3, -0.25) is 0 Å². The first-order chi connectivity index (χ1) is 9.74. The van der Waals surface area contributed by atoms with E-state index < -0.39 is 9.84 Å². The van der Waals surface area contributed by atoms with E-state index in [0.29, 0.717) is 12.4 Å². The maximum Gasteiger partial charge on any atom is 0.154 e. The molecule has 0 fully saturated rings. The molecule has 1 N–H and O–H groups in total. The second-order valence-electron chi connectivity index (χ2n) is 5.39. The van der Waals surface area contributed by atoms with Crippen LogP contribution in [0.1, 0.15) is 35.6 Å². The molecule has 1 heterocycles. The number of sulfone groups is 1. The molecule has 1 unspecified atom stereocenters. The Labute approximate surface area is 127 Å². The summed E-state index contributed by atoms with van der Waals surface area (Å²) < 4.78 is 27.7. The van der Waals surface area contributed by atoms with Crippen molar-refractivity contribution < 1.29 is 13.2 Å². The second kappa shape index (κ2) is 7.82. The topological polar surface area (TPSA) is 81.2 Å². The number of ether oxygens (including phenoxy) is 1. The lowest BCUT2D eigenvalue weighted by Crippen LogP contribution is -2.25. The van der Waals surface area contributed by atoms with Gasteiger partial charge in [-0.05, 0) is 25.3 Å². The number of aromatic nitrogens is 2. The smallest absolute Gasteiger partial charge is 0.154 e. The zero-order valence-electron chi connectivity index (χ0n) is 13.4. The molecule has 0 spiro atoms. The fourth-order valence-corrected chi connectivity index (χ4v) is 3.00. The average Bonchev–Trinajstić information content (AvgIpc) is 2.31. The predicted molar refractivity (Wildman–Crippen MR) is 83.2 cm³/mol. The first kappa shape index (κ1) is 18.0. The number of hydrogen-bond donors (Lipinski definition) is 1. The lowest BCUT2D eigenvalue weighted by Gasteiger charge is -2.18. The van der Waals surface area contributed by atoms with Crippen LogP contribution in [0.3, 0.4) is 0 Å². The molecule has 0 amide bonds. The monoisotopic (exact) mass is 315 g/mol. The summed E-state index contributed by atoms with van der Waals surface area (Å²) in [5.74, 6) is 0.514. The minimum absolute atomic E-state index is 0.116. The van der Waals surface area contributed by atoms with Gasteiger partial charge in [0, 0.05) is 37.8 Å². The van der Waals surface area contributed by atoms with Gasteiger partial charge in [0.15, 0.2) is 9.84 Å². The van der Waals surface area contributed by atoms with Crippen molar-refractivity contribution in [3.63, 3.8) is 0 Å². The molecule has 1 rings (SSSR count). The molecule has 0 aromatic carbocycles. The Morgan fingerprint density at radius 1 is 1.24 bits per heavy atom. The average molecular weight is 315 g/mol. The fourth-order valence-electron chi connectivity index (χ4n) is 2.40. The van der Waals surface area contributed by atoms with E-state index in [1.54, 1.807) is 7.11 Å². The van der Waals surface area contributed by atoms with Crippen LogP contribution in [0.2, 0.25) is 0 Å². The van der Waals surface area contributed by atoms with Gasteiger partial charge < -0.3 is 10.1 Å². The van der Waals surface area contributed by atoms with Gasteiger partial charge in [-0.15, -0.1) is 0 Å². The van der Waals surface area contributed by atoms with E-state index in [1.165, 1.54) is 6.26 Å². The maximum absolute atomic E-state index is 11.3. The Hall–Kier alpha value is -1.05. The summed E-state index contributed by atoms with van der Waals surface area (Å²) in [6.45, 7) is 8.19. The lowest BCUT2D eigenvalue weighted by molar-refractivity contribution is 0.199. The van der Waals surface area contributed by atoms with Crippen LogP contribution in [0.5, 0.6) is 0 Å². The van der Waals surface area contributed by atoms with Crippen molar-refractivity contribution in [2.45, 2.75) is 32.4 Å². The van der Waals surface area contributed by atoms with Gasteiger partial charge >= 0.3 is 0 Å². The SMILES string of the molecule is COCCNCC(C)c1c(C)nc(CS(C)(=O)=O)nc1C. The highest BCUT2D eigenvalue weighted by molar-refractivity contribution is 7.89. The Morgan fingerprint density at radius 2 is 1.81 bits per heavy atom. The summed E-state index contributed by atoms with van der Waals surface area (Å²) in [4.78, 5) is 8.68. The van der Waals surface area contributed by atoms with Gasteiger partial charge in [0.25, 0.3) is 0 Å². The molecule has 0 radical (unpaired) electrons. The summed E-state index contributed by atoms with van der Waals surface area (Å²) in [5, 5.41) is 3.32. The van der Waals surface area contributed by atoms with E-state index in [4.69, 9.17) is 4.74 Å². The van der Waals surface area contributed by atoms with Crippen LogP contribution in [0.25, 0.3) is 0 Å².